The predicted octanol–water partition coefficient (Wildman–Crippen LogP) is 3.42. The van der Waals surface area contributed by atoms with Crippen LogP contribution < -0.4 is 21.1 Å². The summed E-state index contributed by atoms with van der Waals surface area (Å²) >= 11 is 0. The second-order valence-electron chi connectivity index (χ2n) is 9.69. The van der Waals surface area contributed by atoms with Crippen molar-refractivity contribution in [3.8, 4) is 22.7 Å². The molecule has 2 aromatic heterocycles. The molecule has 4 aromatic rings. The van der Waals surface area contributed by atoms with Gasteiger partial charge in [0, 0.05) is 18.4 Å². The number of fused-ring (bicyclic) bond motifs is 1. The molecule has 43 heavy (non-hydrogen) atoms. The van der Waals surface area contributed by atoms with E-state index in [0.717, 1.165) is 29.0 Å². The molecule has 3 heterocycles. The molecule has 1 aliphatic rings. The molecule has 2 atom stereocenters. The van der Waals surface area contributed by atoms with E-state index in [1.807, 2.05) is 0 Å². The maximum Gasteiger partial charge on any atom is 0.401 e. The summed E-state index contributed by atoms with van der Waals surface area (Å²) in [6, 6.07) is 13.6. The summed E-state index contributed by atoms with van der Waals surface area (Å²) < 4.78 is 97.0. The minimum Gasteiger partial charge on any atom is -0.433 e. The van der Waals surface area contributed by atoms with Gasteiger partial charge in [0.2, 0.25) is 0 Å². The van der Waals surface area contributed by atoms with Crippen molar-refractivity contribution in [1.29, 1.82) is 0 Å². The van der Waals surface area contributed by atoms with Gasteiger partial charge >= 0.3 is 12.8 Å². The van der Waals surface area contributed by atoms with E-state index < -0.39 is 52.3 Å². The lowest BCUT2D eigenvalue weighted by atomic mass is 10.1. The summed E-state index contributed by atoms with van der Waals surface area (Å²) in [7, 11) is -4.01. The molecule has 0 aliphatic carbocycles. The normalized spacial score (nSPS) is 17.7. The molecule has 0 saturated carbocycles. The van der Waals surface area contributed by atoms with Crippen LogP contribution in [0.2, 0.25) is 0 Å². The maximum absolute atomic E-state index is 13.6. The van der Waals surface area contributed by atoms with Crippen LogP contribution in [0.25, 0.3) is 16.9 Å². The fraction of sp³-hybridized carbons (Fsp3) is 0.269. The highest BCUT2D eigenvalue weighted by Crippen LogP contribution is 2.39. The molecule has 0 bridgehead atoms. The highest BCUT2D eigenvalue weighted by Gasteiger charge is 2.42. The Bertz CT molecular complexity index is 1700. The average molecular weight is 625 g/mol. The first-order chi connectivity index (χ1) is 20.2. The zero-order valence-electron chi connectivity index (χ0n) is 22.4. The van der Waals surface area contributed by atoms with Crippen molar-refractivity contribution < 1.29 is 35.1 Å². The molecule has 17 heteroatoms. The Labute approximate surface area is 242 Å². The molecule has 0 spiro atoms. The van der Waals surface area contributed by atoms with Crippen molar-refractivity contribution in [2.45, 2.75) is 36.7 Å². The van der Waals surface area contributed by atoms with E-state index in [1.165, 1.54) is 29.7 Å². The largest absolute Gasteiger partial charge is 0.433 e. The van der Waals surface area contributed by atoms with Crippen LogP contribution in [-0.4, -0.2) is 64.9 Å². The minimum atomic E-state index is -4.64. The Balaban J connectivity index is 1.55. The van der Waals surface area contributed by atoms with Crippen molar-refractivity contribution in [2.24, 2.45) is 11.5 Å². The number of anilines is 1. The number of rotatable bonds is 8. The molecule has 0 amide bonds. The van der Waals surface area contributed by atoms with Gasteiger partial charge < -0.3 is 15.4 Å². The fourth-order valence-electron chi connectivity index (χ4n) is 4.75. The first kappa shape index (κ1) is 30.3. The number of ether oxygens (including phenoxy) is 1. The van der Waals surface area contributed by atoms with Crippen molar-refractivity contribution in [3.63, 3.8) is 0 Å². The van der Waals surface area contributed by atoms with Crippen LogP contribution in [0.5, 0.6) is 5.75 Å². The van der Waals surface area contributed by atoms with Crippen molar-refractivity contribution >= 4 is 15.5 Å². The van der Waals surface area contributed by atoms with Gasteiger partial charge in [-0.25, -0.2) is 28.0 Å². The molecule has 4 N–H and O–H groups in total. The number of nitrogens with two attached hydrogens (primary N) is 2. The van der Waals surface area contributed by atoms with Crippen LogP contribution in [0.1, 0.15) is 17.4 Å². The molecular weight excluding hydrogens is 599 g/mol. The third kappa shape index (κ3) is 6.58. The van der Waals surface area contributed by atoms with Gasteiger partial charge in [0.25, 0.3) is 0 Å². The number of hydrogen-bond donors (Lipinski definition) is 2. The number of alkyl halides is 5. The Kier molecular flexibility index (Phi) is 8.08. The number of halogens is 5. The molecule has 2 aromatic carbocycles. The first-order valence-corrected chi connectivity index (χ1v) is 14.4. The summed E-state index contributed by atoms with van der Waals surface area (Å²) in [5.41, 5.74) is 14.8. The zero-order chi connectivity index (χ0) is 31.1. The Morgan fingerprint density at radius 1 is 1.05 bits per heavy atom. The Morgan fingerprint density at radius 2 is 1.77 bits per heavy atom. The quantitative estimate of drug-likeness (QED) is 0.280. The number of hydrogen-bond acceptors (Lipinski definition) is 10. The highest BCUT2D eigenvalue weighted by atomic mass is 32.2. The standard InChI is InChI=1S/C26H25F5N8O3S/c1-43(40,41)21-10-16(4-9-20(21)42-24(27)28)18-7-8-19-22(36-18)23(32)38(12-26(29,30)31)25(33)37(19)11-15-2-5-17(6-3-15)39-14-34-13-35-39/h2-10,13-14,23-25H,11-12,32-33H2,1H3. The minimum absolute atomic E-state index is 0.0523. The van der Waals surface area contributed by atoms with Gasteiger partial charge in [0.1, 0.15) is 35.8 Å². The molecule has 11 nitrogen and oxygen atoms in total. The molecule has 0 fully saturated rings. The second-order valence-corrected chi connectivity index (χ2v) is 11.7. The van der Waals surface area contributed by atoms with Crippen molar-refractivity contribution in [3.05, 3.63) is 78.5 Å². The van der Waals surface area contributed by atoms with Gasteiger partial charge in [0.15, 0.2) is 9.84 Å². The summed E-state index contributed by atoms with van der Waals surface area (Å²) in [5.74, 6) is -0.556. The van der Waals surface area contributed by atoms with Gasteiger partial charge in [-0.2, -0.15) is 27.1 Å². The van der Waals surface area contributed by atoms with E-state index in [2.05, 4.69) is 19.8 Å². The number of nitrogens with zero attached hydrogens (tertiary/aromatic N) is 6. The molecule has 0 radical (unpaired) electrons. The molecule has 228 valence electrons. The van der Waals surface area contributed by atoms with Gasteiger partial charge in [-0.1, -0.05) is 12.1 Å². The van der Waals surface area contributed by atoms with Gasteiger partial charge in [-0.05, 0) is 48.0 Å². The second kappa shape index (κ2) is 11.5. The van der Waals surface area contributed by atoms with Crippen LogP contribution in [0, 0.1) is 0 Å². The summed E-state index contributed by atoms with van der Waals surface area (Å²) in [6.07, 6.45) is -3.58. The van der Waals surface area contributed by atoms with E-state index >= 15 is 0 Å². The zero-order valence-corrected chi connectivity index (χ0v) is 23.2. The molecule has 2 unspecified atom stereocenters. The van der Waals surface area contributed by atoms with Gasteiger partial charge in [-0.3, -0.25) is 5.73 Å². The molecule has 5 rings (SSSR count). The SMILES string of the molecule is CS(=O)(=O)c1cc(-c2ccc3c(n2)C(N)N(CC(F)(F)F)C(N)N3Cc2ccc(-n3cncn3)cc2)ccc1OC(F)F. The van der Waals surface area contributed by atoms with Gasteiger partial charge in [0.05, 0.1) is 29.3 Å². The lowest BCUT2D eigenvalue weighted by Crippen LogP contribution is -2.62. The molecule has 1 aliphatic heterocycles. The summed E-state index contributed by atoms with van der Waals surface area (Å²) in [5, 5.41) is 4.06. The topological polar surface area (TPSA) is 145 Å². The predicted molar refractivity (Wildman–Crippen MR) is 145 cm³/mol. The number of sulfone groups is 1. The van der Waals surface area contributed by atoms with Gasteiger partial charge in [-0.15, -0.1) is 0 Å². The van der Waals surface area contributed by atoms with E-state index in [9.17, 15) is 30.4 Å². The van der Waals surface area contributed by atoms with Crippen LogP contribution >= 0.6 is 0 Å². The number of aromatic nitrogens is 4. The third-order valence-electron chi connectivity index (χ3n) is 6.70. The van der Waals surface area contributed by atoms with E-state index in [0.29, 0.717) is 11.3 Å². The Morgan fingerprint density at radius 3 is 2.37 bits per heavy atom. The monoisotopic (exact) mass is 624 g/mol. The molecular formula is C26H25F5N8O3S. The van der Waals surface area contributed by atoms with E-state index in [-0.39, 0.29) is 23.5 Å². The Hall–Kier alpha value is -4.19. The van der Waals surface area contributed by atoms with E-state index in [1.54, 1.807) is 35.0 Å². The highest BCUT2D eigenvalue weighted by molar-refractivity contribution is 7.90. The summed E-state index contributed by atoms with van der Waals surface area (Å²) in [4.78, 5) is 10.3. The number of pyridine rings is 1. The summed E-state index contributed by atoms with van der Waals surface area (Å²) in [6.45, 7) is -4.61. The van der Waals surface area contributed by atoms with Crippen LogP contribution in [0.4, 0.5) is 27.6 Å². The van der Waals surface area contributed by atoms with Crippen molar-refractivity contribution in [1.82, 2.24) is 24.6 Å². The smallest absolute Gasteiger partial charge is 0.401 e. The average Bonchev–Trinajstić information content (AvgIpc) is 3.47. The van der Waals surface area contributed by atoms with Crippen molar-refractivity contribution in [2.75, 3.05) is 17.7 Å². The lowest BCUT2D eigenvalue weighted by Gasteiger charge is -2.46. The first-order valence-electron chi connectivity index (χ1n) is 12.6. The third-order valence-corrected chi connectivity index (χ3v) is 7.82. The van der Waals surface area contributed by atoms with Crippen LogP contribution in [-0.2, 0) is 16.4 Å². The van der Waals surface area contributed by atoms with Crippen LogP contribution in [0.15, 0.2) is 72.1 Å². The lowest BCUT2D eigenvalue weighted by molar-refractivity contribution is -0.158. The van der Waals surface area contributed by atoms with Crippen LogP contribution in [0.3, 0.4) is 0 Å². The van der Waals surface area contributed by atoms with E-state index in [4.69, 9.17) is 11.5 Å². The maximum atomic E-state index is 13.6. The fourth-order valence-corrected chi connectivity index (χ4v) is 5.58. The molecule has 0 saturated heterocycles. The number of benzene rings is 2.